The van der Waals surface area contributed by atoms with Crippen LogP contribution in [0.1, 0.15) is 37.4 Å². The van der Waals surface area contributed by atoms with E-state index in [1.54, 1.807) is 25.3 Å². The third-order valence-electron chi connectivity index (χ3n) is 4.07. The number of nitro groups is 1. The van der Waals surface area contributed by atoms with E-state index in [2.05, 4.69) is 19.2 Å². The Morgan fingerprint density at radius 2 is 1.78 bits per heavy atom. The molecule has 2 aromatic carbocycles. The molecule has 6 heteroatoms. The molecule has 1 amide bonds. The molecule has 0 aliphatic rings. The molecule has 0 bridgehead atoms. The number of carbonyl (C=O) groups excluding carboxylic acids is 1. The van der Waals surface area contributed by atoms with Gasteiger partial charge in [-0.3, -0.25) is 14.9 Å². The predicted octanol–water partition coefficient (Wildman–Crippen LogP) is 4.52. The second-order valence-corrected chi connectivity index (χ2v) is 6.65. The average molecular weight is 368 g/mol. The predicted molar refractivity (Wildman–Crippen MR) is 105 cm³/mol. The summed E-state index contributed by atoms with van der Waals surface area (Å²) in [6, 6.07) is 13.6. The number of nitrogens with zero attached hydrogens (tertiary/aromatic N) is 1. The zero-order valence-corrected chi connectivity index (χ0v) is 15.7. The van der Waals surface area contributed by atoms with Crippen LogP contribution in [-0.4, -0.2) is 17.9 Å². The highest BCUT2D eigenvalue weighted by atomic mass is 16.6. The first kappa shape index (κ1) is 20.2. The van der Waals surface area contributed by atoms with Gasteiger partial charge in [0.1, 0.15) is 5.75 Å². The minimum Gasteiger partial charge on any atom is -0.497 e. The molecule has 0 fully saturated rings. The van der Waals surface area contributed by atoms with Gasteiger partial charge < -0.3 is 10.1 Å². The van der Waals surface area contributed by atoms with E-state index in [-0.39, 0.29) is 17.6 Å². The Morgan fingerprint density at radius 1 is 1.15 bits per heavy atom. The number of nitro benzene ring substituents is 1. The van der Waals surface area contributed by atoms with Crippen molar-refractivity contribution in [1.82, 2.24) is 5.32 Å². The fraction of sp³-hybridized carbons (Fsp3) is 0.286. The molecule has 1 unspecified atom stereocenters. The summed E-state index contributed by atoms with van der Waals surface area (Å²) in [5.41, 5.74) is 1.76. The van der Waals surface area contributed by atoms with E-state index < -0.39 is 4.92 Å². The topological polar surface area (TPSA) is 81.5 Å². The van der Waals surface area contributed by atoms with Crippen LogP contribution in [0.4, 0.5) is 5.69 Å². The summed E-state index contributed by atoms with van der Waals surface area (Å²) in [7, 11) is 1.62. The van der Waals surface area contributed by atoms with Crippen LogP contribution in [0.3, 0.4) is 0 Å². The van der Waals surface area contributed by atoms with Crippen LogP contribution in [-0.2, 0) is 4.79 Å². The van der Waals surface area contributed by atoms with Crippen LogP contribution in [0.5, 0.6) is 5.75 Å². The zero-order valence-electron chi connectivity index (χ0n) is 15.7. The van der Waals surface area contributed by atoms with Crippen molar-refractivity contribution in [2.75, 3.05) is 7.11 Å². The lowest BCUT2D eigenvalue weighted by Crippen LogP contribution is -2.27. The molecular weight excluding hydrogens is 344 g/mol. The van der Waals surface area contributed by atoms with Gasteiger partial charge in [0.15, 0.2) is 0 Å². The summed E-state index contributed by atoms with van der Waals surface area (Å²) in [4.78, 5) is 22.6. The maximum absolute atomic E-state index is 12.3. The van der Waals surface area contributed by atoms with Gasteiger partial charge in [0.05, 0.1) is 18.1 Å². The summed E-state index contributed by atoms with van der Waals surface area (Å²) in [5, 5.41) is 13.7. The van der Waals surface area contributed by atoms with Crippen LogP contribution >= 0.6 is 0 Å². The van der Waals surface area contributed by atoms with Crippen LogP contribution in [0.2, 0.25) is 0 Å². The second-order valence-electron chi connectivity index (χ2n) is 6.65. The SMILES string of the molecule is COc1ccc(C(CC(C)C)NC(=O)/C=C/c2ccc([N+](=O)[O-])cc2)cc1. The number of methoxy groups -OCH3 is 1. The molecule has 0 heterocycles. The van der Waals surface area contributed by atoms with E-state index in [0.29, 0.717) is 5.92 Å². The zero-order chi connectivity index (χ0) is 19.8. The fourth-order valence-electron chi connectivity index (χ4n) is 2.68. The van der Waals surface area contributed by atoms with Crippen molar-refractivity contribution in [3.05, 3.63) is 75.8 Å². The van der Waals surface area contributed by atoms with E-state index in [1.807, 2.05) is 24.3 Å². The van der Waals surface area contributed by atoms with E-state index >= 15 is 0 Å². The van der Waals surface area contributed by atoms with Crippen molar-refractivity contribution in [3.63, 3.8) is 0 Å². The number of benzene rings is 2. The number of ether oxygens (including phenoxy) is 1. The molecule has 0 aromatic heterocycles. The van der Waals surface area contributed by atoms with Gasteiger partial charge in [-0.15, -0.1) is 0 Å². The van der Waals surface area contributed by atoms with Crippen LogP contribution in [0.15, 0.2) is 54.6 Å². The Morgan fingerprint density at radius 3 is 2.30 bits per heavy atom. The molecule has 0 aliphatic heterocycles. The van der Waals surface area contributed by atoms with Gasteiger partial charge in [-0.05, 0) is 53.8 Å². The molecule has 2 aromatic rings. The van der Waals surface area contributed by atoms with Crippen molar-refractivity contribution < 1.29 is 14.5 Å². The quantitative estimate of drug-likeness (QED) is 0.422. The van der Waals surface area contributed by atoms with Crippen LogP contribution in [0, 0.1) is 16.0 Å². The molecule has 0 spiro atoms. The Labute approximate surface area is 159 Å². The fourth-order valence-corrected chi connectivity index (χ4v) is 2.68. The average Bonchev–Trinajstić information content (AvgIpc) is 2.66. The lowest BCUT2D eigenvalue weighted by molar-refractivity contribution is -0.384. The molecule has 1 atom stereocenters. The highest BCUT2D eigenvalue weighted by Crippen LogP contribution is 2.23. The molecule has 0 radical (unpaired) electrons. The number of hydrogen-bond donors (Lipinski definition) is 1. The maximum atomic E-state index is 12.3. The van der Waals surface area contributed by atoms with Gasteiger partial charge in [0, 0.05) is 18.2 Å². The van der Waals surface area contributed by atoms with Gasteiger partial charge in [0.25, 0.3) is 5.69 Å². The summed E-state index contributed by atoms with van der Waals surface area (Å²) < 4.78 is 5.18. The number of non-ortho nitro benzene ring substituents is 1. The van der Waals surface area contributed by atoms with Gasteiger partial charge >= 0.3 is 0 Å². The molecule has 1 N–H and O–H groups in total. The second kappa shape index (κ2) is 9.52. The Bertz CT molecular complexity index is 796. The number of nitrogens with one attached hydrogen (secondary N) is 1. The molecule has 6 nitrogen and oxygen atoms in total. The first-order valence-corrected chi connectivity index (χ1v) is 8.76. The van der Waals surface area contributed by atoms with E-state index in [0.717, 1.165) is 23.3 Å². The van der Waals surface area contributed by atoms with Crippen molar-refractivity contribution in [2.24, 2.45) is 5.92 Å². The summed E-state index contributed by atoms with van der Waals surface area (Å²) in [5.74, 6) is 0.970. The molecule has 0 saturated carbocycles. The smallest absolute Gasteiger partial charge is 0.269 e. The maximum Gasteiger partial charge on any atom is 0.269 e. The largest absolute Gasteiger partial charge is 0.497 e. The summed E-state index contributed by atoms with van der Waals surface area (Å²) in [6.45, 7) is 4.21. The normalized spacial score (nSPS) is 12.1. The van der Waals surface area contributed by atoms with E-state index in [9.17, 15) is 14.9 Å². The number of amides is 1. The Kier molecular flexibility index (Phi) is 7.11. The first-order valence-electron chi connectivity index (χ1n) is 8.76. The lowest BCUT2D eigenvalue weighted by Gasteiger charge is -2.20. The summed E-state index contributed by atoms with van der Waals surface area (Å²) in [6.07, 6.45) is 3.89. The number of rotatable bonds is 8. The van der Waals surface area contributed by atoms with E-state index in [1.165, 1.54) is 18.2 Å². The minimum atomic E-state index is -0.453. The van der Waals surface area contributed by atoms with E-state index in [4.69, 9.17) is 4.74 Å². The molecule has 0 saturated heterocycles. The Balaban J connectivity index is 2.06. The van der Waals surface area contributed by atoms with Gasteiger partial charge in [-0.25, -0.2) is 0 Å². The van der Waals surface area contributed by atoms with Gasteiger partial charge in [-0.1, -0.05) is 26.0 Å². The molecule has 142 valence electrons. The molecule has 27 heavy (non-hydrogen) atoms. The lowest BCUT2D eigenvalue weighted by atomic mass is 9.97. The standard InChI is InChI=1S/C21H24N2O4/c1-15(2)14-20(17-7-11-19(27-3)12-8-17)22-21(24)13-6-16-4-9-18(10-5-16)23(25)26/h4-13,15,20H,14H2,1-3H3,(H,22,24)/b13-6+. The molecular formula is C21H24N2O4. The van der Waals surface area contributed by atoms with Crippen molar-refractivity contribution in [3.8, 4) is 5.75 Å². The van der Waals surface area contributed by atoms with Crippen LogP contribution < -0.4 is 10.1 Å². The monoisotopic (exact) mass is 368 g/mol. The van der Waals surface area contributed by atoms with Crippen LogP contribution in [0.25, 0.3) is 6.08 Å². The summed E-state index contributed by atoms with van der Waals surface area (Å²) >= 11 is 0. The van der Waals surface area contributed by atoms with Crippen molar-refractivity contribution in [2.45, 2.75) is 26.3 Å². The number of hydrogen-bond acceptors (Lipinski definition) is 4. The van der Waals surface area contributed by atoms with Crippen molar-refractivity contribution >= 4 is 17.7 Å². The van der Waals surface area contributed by atoms with Crippen molar-refractivity contribution in [1.29, 1.82) is 0 Å². The third kappa shape index (κ3) is 6.26. The molecule has 0 aliphatic carbocycles. The highest BCUT2D eigenvalue weighted by molar-refractivity contribution is 5.92. The molecule has 2 rings (SSSR count). The minimum absolute atomic E-state index is 0.0214. The van der Waals surface area contributed by atoms with Gasteiger partial charge in [0.2, 0.25) is 5.91 Å². The van der Waals surface area contributed by atoms with Gasteiger partial charge in [-0.2, -0.15) is 0 Å². The number of carbonyl (C=O) groups is 1. The Hall–Kier alpha value is -3.15. The highest BCUT2D eigenvalue weighted by Gasteiger charge is 2.15. The first-order chi connectivity index (χ1) is 12.9. The third-order valence-corrected chi connectivity index (χ3v) is 4.07.